The lowest BCUT2D eigenvalue weighted by Gasteiger charge is -2.05. The zero-order valence-electron chi connectivity index (χ0n) is 14.0. The lowest BCUT2D eigenvalue weighted by molar-refractivity contribution is -0.384. The molecule has 0 bridgehead atoms. The van der Waals surface area contributed by atoms with Crippen LogP contribution in [0.5, 0.6) is 11.5 Å². The zero-order valence-corrected chi connectivity index (χ0v) is 14.8. The molecule has 0 spiro atoms. The second kappa shape index (κ2) is 7.46. The number of carbonyl (C=O) groups is 1. The minimum atomic E-state index is -0.740. The quantitative estimate of drug-likeness (QED) is 0.362. The molecular formula is C18H13ClN2O6. The zero-order chi connectivity index (χ0) is 19.6. The number of nitro benzene ring substituents is 1. The van der Waals surface area contributed by atoms with Gasteiger partial charge in [-0.2, -0.15) is 0 Å². The van der Waals surface area contributed by atoms with E-state index in [9.17, 15) is 20.0 Å². The molecule has 2 aromatic carbocycles. The van der Waals surface area contributed by atoms with Crippen LogP contribution in [0.4, 0.5) is 5.69 Å². The molecule has 9 heteroatoms. The molecule has 1 aliphatic heterocycles. The number of phenolic OH excluding ortho intramolecular Hbond substituents is 1. The van der Waals surface area contributed by atoms with Gasteiger partial charge in [-0.15, -0.1) is 0 Å². The Morgan fingerprint density at radius 1 is 1.33 bits per heavy atom. The number of halogens is 1. The molecular weight excluding hydrogens is 376 g/mol. The Morgan fingerprint density at radius 2 is 2.11 bits per heavy atom. The summed E-state index contributed by atoms with van der Waals surface area (Å²) in [5, 5.41) is 21.0. The number of hydrogen-bond donors (Lipinski definition) is 1. The summed E-state index contributed by atoms with van der Waals surface area (Å²) in [5.41, 5.74) is 0.202. The fourth-order valence-electron chi connectivity index (χ4n) is 2.37. The Hall–Kier alpha value is -3.39. The number of ether oxygens (including phenoxy) is 2. The molecule has 0 atom stereocenters. The Morgan fingerprint density at radius 3 is 2.78 bits per heavy atom. The van der Waals surface area contributed by atoms with Gasteiger partial charge in [0.2, 0.25) is 5.90 Å². The topological polar surface area (TPSA) is 111 Å². The Balaban J connectivity index is 1.94. The van der Waals surface area contributed by atoms with E-state index < -0.39 is 10.9 Å². The number of aliphatic imine (C=N–C) groups is 1. The first-order valence-electron chi connectivity index (χ1n) is 7.81. The monoisotopic (exact) mass is 388 g/mol. The molecule has 0 unspecified atom stereocenters. The molecule has 0 radical (unpaired) electrons. The average Bonchev–Trinajstić information content (AvgIpc) is 2.98. The van der Waals surface area contributed by atoms with Crippen molar-refractivity contribution < 1.29 is 24.3 Å². The van der Waals surface area contributed by atoms with E-state index in [-0.39, 0.29) is 33.6 Å². The maximum atomic E-state index is 12.1. The van der Waals surface area contributed by atoms with Gasteiger partial charge in [-0.3, -0.25) is 10.1 Å². The highest BCUT2D eigenvalue weighted by Crippen LogP contribution is 2.29. The first-order chi connectivity index (χ1) is 12.9. The molecule has 8 nitrogen and oxygen atoms in total. The standard InChI is InChI=1S/C18H13ClN2O6/c1-2-26-12-5-3-10(16(22)9-12)7-14-18(23)27-17(20-14)11-4-6-13(19)15(8-11)21(24)25/h3-9,22H,2H2,1H3/b14-7-. The molecule has 0 saturated carbocycles. The number of hydrogen-bond acceptors (Lipinski definition) is 7. The van der Waals surface area contributed by atoms with Gasteiger partial charge in [0, 0.05) is 23.3 Å². The number of phenols is 1. The van der Waals surface area contributed by atoms with Crippen LogP contribution in [0.3, 0.4) is 0 Å². The van der Waals surface area contributed by atoms with Crippen LogP contribution >= 0.6 is 11.6 Å². The molecule has 0 aliphatic carbocycles. The number of aromatic hydroxyl groups is 1. The molecule has 3 rings (SSSR count). The summed E-state index contributed by atoms with van der Waals surface area (Å²) >= 11 is 5.78. The Kier molecular flexibility index (Phi) is 5.09. The van der Waals surface area contributed by atoms with Crippen molar-refractivity contribution in [2.24, 2.45) is 4.99 Å². The van der Waals surface area contributed by atoms with Gasteiger partial charge in [-0.05, 0) is 37.3 Å². The highest BCUT2D eigenvalue weighted by atomic mass is 35.5. The average molecular weight is 389 g/mol. The van der Waals surface area contributed by atoms with Gasteiger partial charge in [0.1, 0.15) is 16.5 Å². The third-order valence-corrected chi connectivity index (χ3v) is 3.94. The number of benzene rings is 2. The maximum Gasteiger partial charge on any atom is 0.363 e. The van der Waals surface area contributed by atoms with Gasteiger partial charge in [0.25, 0.3) is 5.69 Å². The molecule has 1 N–H and O–H groups in total. The predicted molar refractivity (Wildman–Crippen MR) is 98.0 cm³/mol. The molecule has 0 aromatic heterocycles. The van der Waals surface area contributed by atoms with Crippen molar-refractivity contribution in [3.63, 3.8) is 0 Å². The highest BCUT2D eigenvalue weighted by Gasteiger charge is 2.26. The van der Waals surface area contributed by atoms with Gasteiger partial charge >= 0.3 is 5.97 Å². The summed E-state index contributed by atoms with van der Waals surface area (Å²) in [5.74, 6) is -0.428. The molecule has 0 saturated heterocycles. The van der Waals surface area contributed by atoms with Crippen LogP contribution in [0, 0.1) is 10.1 Å². The molecule has 1 heterocycles. The van der Waals surface area contributed by atoms with E-state index in [0.717, 1.165) is 0 Å². The maximum absolute atomic E-state index is 12.1. The summed E-state index contributed by atoms with van der Waals surface area (Å²) in [6.07, 6.45) is 1.35. The summed E-state index contributed by atoms with van der Waals surface area (Å²) in [4.78, 5) is 26.5. The van der Waals surface area contributed by atoms with Crippen molar-refractivity contribution in [3.05, 3.63) is 68.4 Å². The van der Waals surface area contributed by atoms with E-state index in [2.05, 4.69) is 4.99 Å². The third kappa shape index (κ3) is 3.90. The first kappa shape index (κ1) is 18.4. The number of nitrogens with zero attached hydrogens (tertiary/aromatic N) is 2. The molecule has 0 fully saturated rings. The lowest BCUT2D eigenvalue weighted by Crippen LogP contribution is -2.06. The van der Waals surface area contributed by atoms with Gasteiger partial charge in [-0.25, -0.2) is 9.79 Å². The number of nitro groups is 1. The van der Waals surface area contributed by atoms with Gasteiger partial charge < -0.3 is 14.6 Å². The van der Waals surface area contributed by atoms with E-state index in [1.165, 1.54) is 30.3 Å². The number of cyclic esters (lactones) is 1. The minimum absolute atomic E-state index is 0.0382. The Labute approximate surface area is 158 Å². The van der Waals surface area contributed by atoms with Crippen molar-refractivity contribution in [2.45, 2.75) is 6.92 Å². The fraction of sp³-hybridized carbons (Fsp3) is 0.111. The van der Waals surface area contributed by atoms with Crippen LogP contribution in [-0.2, 0) is 9.53 Å². The van der Waals surface area contributed by atoms with Gasteiger partial charge in [0.05, 0.1) is 11.5 Å². The predicted octanol–water partition coefficient (Wildman–Crippen LogP) is 3.70. The van der Waals surface area contributed by atoms with Crippen LogP contribution in [0.1, 0.15) is 18.1 Å². The van der Waals surface area contributed by atoms with Crippen LogP contribution in [0.15, 0.2) is 47.1 Å². The van der Waals surface area contributed by atoms with E-state index in [0.29, 0.717) is 17.9 Å². The number of esters is 1. The minimum Gasteiger partial charge on any atom is -0.507 e. The SMILES string of the molecule is CCOc1ccc(/C=C2\N=C(c3ccc(Cl)c([N+](=O)[O-])c3)OC2=O)c(O)c1. The number of rotatable bonds is 5. The normalized spacial score (nSPS) is 14.8. The summed E-state index contributed by atoms with van der Waals surface area (Å²) in [6.45, 7) is 2.27. The van der Waals surface area contributed by atoms with Crippen LogP contribution in [-0.4, -0.2) is 28.5 Å². The molecule has 138 valence electrons. The second-order valence-electron chi connectivity index (χ2n) is 5.41. The smallest absolute Gasteiger partial charge is 0.363 e. The third-order valence-electron chi connectivity index (χ3n) is 3.62. The van der Waals surface area contributed by atoms with Crippen LogP contribution in [0.2, 0.25) is 5.02 Å². The highest BCUT2D eigenvalue weighted by molar-refractivity contribution is 6.32. The summed E-state index contributed by atoms with van der Waals surface area (Å²) in [7, 11) is 0. The largest absolute Gasteiger partial charge is 0.507 e. The lowest BCUT2D eigenvalue weighted by atomic mass is 10.1. The van der Waals surface area contributed by atoms with Crippen molar-refractivity contribution in [2.75, 3.05) is 6.61 Å². The van der Waals surface area contributed by atoms with Crippen molar-refractivity contribution in [1.82, 2.24) is 0 Å². The van der Waals surface area contributed by atoms with E-state index in [1.54, 1.807) is 12.1 Å². The van der Waals surface area contributed by atoms with Crippen molar-refractivity contribution >= 4 is 35.2 Å². The molecule has 1 aliphatic rings. The van der Waals surface area contributed by atoms with E-state index in [4.69, 9.17) is 21.1 Å². The summed E-state index contributed by atoms with van der Waals surface area (Å²) < 4.78 is 10.4. The van der Waals surface area contributed by atoms with Gasteiger partial charge in [0.15, 0.2) is 5.70 Å². The van der Waals surface area contributed by atoms with Crippen LogP contribution < -0.4 is 4.74 Å². The fourth-order valence-corrected chi connectivity index (χ4v) is 2.55. The molecule has 2 aromatic rings. The van der Waals surface area contributed by atoms with Crippen molar-refractivity contribution in [1.29, 1.82) is 0 Å². The van der Waals surface area contributed by atoms with E-state index in [1.807, 2.05) is 6.92 Å². The van der Waals surface area contributed by atoms with Crippen molar-refractivity contribution in [3.8, 4) is 11.5 Å². The first-order valence-corrected chi connectivity index (χ1v) is 8.19. The van der Waals surface area contributed by atoms with Crippen LogP contribution in [0.25, 0.3) is 6.08 Å². The van der Waals surface area contributed by atoms with Gasteiger partial charge in [-0.1, -0.05) is 11.6 Å². The summed E-state index contributed by atoms with van der Waals surface area (Å²) in [6, 6.07) is 8.59. The molecule has 27 heavy (non-hydrogen) atoms. The Bertz CT molecular complexity index is 999. The molecule has 0 amide bonds. The second-order valence-corrected chi connectivity index (χ2v) is 5.82. The number of carbonyl (C=O) groups excluding carboxylic acids is 1. The van der Waals surface area contributed by atoms with E-state index >= 15 is 0 Å².